The molecule has 0 aliphatic rings. The zero-order valence-corrected chi connectivity index (χ0v) is 18.0. The van der Waals surface area contributed by atoms with E-state index in [2.05, 4.69) is 15.4 Å². The molecule has 0 radical (unpaired) electrons. The summed E-state index contributed by atoms with van der Waals surface area (Å²) in [7, 11) is 0. The molecule has 0 bridgehead atoms. The van der Waals surface area contributed by atoms with Crippen molar-refractivity contribution < 1.29 is 13.6 Å². The van der Waals surface area contributed by atoms with E-state index in [1.54, 1.807) is 18.2 Å². The lowest BCUT2D eigenvalue weighted by atomic mass is 10.1. The highest BCUT2D eigenvalue weighted by Gasteiger charge is 2.22. The van der Waals surface area contributed by atoms with E-state index in [1.165, 1.54) is 16.9 Å². The number of nitrogens with zero attached hydrogens (tertiary/aromatic N) is 3. The van der Waals surface area contributed by atoms with Gasteiger partial charge in [-0.1, -0.05) is 60.9 Å². The number of carbonyl (C=O) groups excluding carboxylic acids is 1. The number of anilines is 1. The second-order valence-corrected chi connectivity index (χ2v) is 8.38. The first-order valence-corrected chi connectivity index (χ1v) is 10.5. The number of amides is 1. The Hall–Kier alpha value is -2.03. The number of para-hydroxylation sites is 1. The van der Waals surface area contributed by atoms with Crippen LogP contribution in [0.2, 0.25) is 10.0 Å². The van der Waals surface area contributed by atoms with Crippen molar-refractivity contribution in [2.45, 2.75) is 33.1 Å². The molecule has 0 aliphatic carbocycles. The minimum atomic E-state index is -2.76. The number of nitrogens with one attached hydrogen (secondary N) is 1. The summed E-state index contributed by atoms with van der Waals surface area (Å²) < 4.78 is 27.9. The summed E-state index contributed by atoms with van der Waals surface area (Å²) in [6, 6.07) is 6.12. The largest absolute Gasteiger partial charge is 0.302 e. The molecular weight excluding hydrogens is 441 g/mol. The molecule has 0 spiro atoms. The number of carbonyl (C=O) groups is 1. The molecule has 0 saturated carbocycles. The van der Waals surface area contributed by atoms with Gasteiger partial charge < -0.3 is 5.32 Å². The molecule has 0 saturated heterocycles. The van der Waals surface area contributed by atoms with Gasteiger partial charge in [0.2, 0.25) is 5.91 Å². The van der Waals surface area contributed by atoms with Gasteiger partial charge in [-0.05, 0) is 24.1 Å². The van der Waals surface area contributed by atoms with Gasteiger partial charge in [0.25, 0.3) is 6.43 Å². The maximum absolute atomic E-state index is 13.3. The fourth-order valence-electron chi connectivity index (χ4n) is 2.62. The highest BCUT2D eigenvalue weighted by Crippen LogP contribution is 2.37. The van der Waals surface area contributed by atoms with Crippen LogP contribution >= 0.6 is 34.5 Å². The molecule has 3 aromatic rings. The number of hydrogen-bond acceptors (Lipinski definition) is 4. The predicted molar refractivity (Wildman–Crippen MR) is 112 cm³/mol. The minimum absolute atomic E-state index is 0.142. The van der Waals surface area contributed by atoms with Gasteiger partial charge in [0.05, 0.1) is 20.6 Å². The van der Waals surface area contributed by atoms with Crippen molar-refractivity contribution in [3.63, 3.8) is 0 Å². The van der Waals surface area contributed by atoms with Crippen molar-refractivity contribution in [2.75, 3.05) is 5.32 Å². The Morgan fingerprint density at radius 3 is 2.62 bits per heavy atom. The van der Waals surface area contributed by atoms with Crippen LogP contribution < -0.4 is 5.32 Å². The molecule has 2 heterocycles. The molecule has 0 aliphatic heterocycles. The molecule has 2 aromatic heterocycles. The van der Waals surface area contributed by atoms with E-state index >= 15 is 0 Å². The lowest BCUT2D eigenvalue weighted by Crippen LogP contribution is -2.14. The number of thiazole rings is 1. The van der Waals surface area contributed by atoms with Crippen molar-refractivity contribution in [3.8, 4) is 16.3 Å². The number of aromatic nitrogens is 3. The summed E-state index contributed by atoms with van der Waals surface area (Å²) in [4.78, 5) is 16.8. The Morgan fingerprint density at radius 2 is 2.00 bits per heavy atom. The van der Waals surface area contributed by atoms with Crippen molar-refractivity contribution in [1.29, 1.82) is 0 Å². The number of alkyl halides is 2. The van der Waals surface area contributed by atoms with Gasteiger partial charge in [0.1, 0.15) is 11.4 Å². The lowest BCUT2D eigenvalue weighted by Gasteiger charge is -2.10. The van der Waals surface area contributed by atoms with Crippen LogP contribution in [0.15, 0.2) is 30.5 Å². The van der Waals surface area contributed by atoms with Gasteiger partial charge in [-0.2, -0.15) is 5.10 Å². The maximum Gasteiger partial charge on any atom is 0.282 e. The maximum atomic E-state index is 13.3. The van der Waals surface area contributed by atoms with Gasteiger partial charge in [0, 0.05) is 12.6 Å². The topological polar surface area (TPSA) is 59.8 Å². The van der Waals surface area contributed by atoms with E-state index in [9.17, 15) is 13.6 Å². The van der Waals surface area contributed by atoms with E-state index in [4.69, 9.17) is 23.2 Å². The molecule has 29 heavy (non-hydrogen) atoms. The third kappa shape index (κ3) is 4.94. The quantitative estimate of drug-likeness (QED) is 0.432. The summed E-state index contributed by atoms with van der Waals surface area (Å²) in [5.41, 5.74) is 0.246. The van der Waals surface area contributed by atoms with Gasteiger partial charge in [-0.25, -0.2) is 18.4 Å². The third-order valence-corrected chi connectivity index (χ3v) is 5.88. The number of hydrogen-bond donors (Lipinski definition) is 1. The molecule has 1 unspecified atom stereocenters. The molecule has 154 valence electrons. The fourth-order valence-corrected chi connectivity index (χ4v) is 4.02. The monoisotopic (exact) mass is 458 g/mol. The molecule has 1 atom stereocenters. The molecule has 1 N–H and O–H groups in total. The van der Waals surface area contributed by atoms with Crippen LogP contribution in [0.1, 0.15) is 38.8 Å². The molecular formula is C19H18Cl2F2N4OS. The second-order valence-electron chi connectivity index (χ2n) is 6.53. The Morgan fingerprint density at radius 1 is 1.31 bits per heavy atom. The Balaban J connectivity index is 1.97. The average molecular weight is 459 g/mol. The zero-order chi connectivity index (χ0) is 21.1. The number of rotatable bonds is 7. The molecule has 1 aromatic carbocycles. The first-order valence-electron chi connectivity index (χ1n) is 8.88. The molecule has 10 heteroatoms. The summed E-state index contributed by atoms with van der Waals surface area (Å²) in [5, 5.41) is 7.66. The number of benzene rings is 1. The van der Waals surface area contributed by atoms with Crippen LogP contribution in [-0.2, 0) is 4.79 Å². The smallest absolute Gasteiger partial charge is 0.282 e. The van der Waals surface area contributed by atoms with Crippen LogP contribution in [0.3, 0.4) is 0 Å². The molecule has 3 rings (SSSR count). The van der Waals surface area contributed by atoms with Crippen LogP contribution in [0, 0.1) is 5.92 Å². The van der Waals surface area contributed by atoms with Crippen molar-refractivity contribution >= 4 is 45.6 Å². The minimum Gasteiger partial charge on any atom is -0.302 e. The van der Waals surface area contributed by atoms with Crippen LogP contribution in [0.25, 0.3) is 16.3 Å². The number of halogens is 4. The molecule has 1 amide bonds. The van der Waals surface area contributed by atoms with E-state index in [0.717, 1.165) is 17.8 Å². The van der Waals surface area contributed by atoms with E-state index in [0.29, 0.717) is 27.8 Å². The van der Waals surface area contributed by atoms with Crippen molar-refractivity contribution in [1.82, 2.24) is 14.8 Å². The zero-order valence-electron chi connectivity index (χ0n) is 15.6. The van der Waals surface area contributed by atoms with E-state index < -0.39 is 12.1 Å². The SMILES string of the molecule is CCC(C)CC(=O)Nc1ncc(-c2cc(C(F)F)nn2-c2c(Cl)cccc2Cl)s1. The highest BCUT2D eigenvalue weighted by atomic mass is 35.5. The Kier molecular flexibility index (Phi) is 6.87. The fraction of sp³-hybridized carbons (Fsp3) is 0.316. The molecule has 5 nitrogen and oxygen atoms in total. The average Bonchev–Trinajstić information content (AvgIpc) is 3.28. The van der Waals surface area contributed by atoms with Gasteiger partial charge >= 0.3 is 0 Å². The highest BCUT2D eigenvalue weighted by molar-refractivity contribution is 7.19. The molecule has 0 fully saturated rings. The third-order valence-electron chi connectivity index (χ3n) is 4.34. The lowest BCUT2D eigenvalue weighted by molar-refractivity contribution is -0.117. The summed E-state index contributed by atoms with van der Waals surface area (Å²) >= 11 is 13.7. The summed E-state index contributed by atoms with van der Waals surface area (Å²) in [6.45, 7) is 4.01. The predicted octanol–water partition coefficient (Wildman–Crippen LogP) is 6.61. The Bertz CT molecular complexity index is 1000. The van der Waals surface area contributed by atoms with Gasteiger partial charge in [-0.3, -0.25) is 4.79 Å². The summed E-state index contributed by atoms with van der Waals surface area (Å²) in [6.07, 6.45) is 0.00877. The Labute approximate surface area is 180 Å². The van der Waals surface area contributed by atoms with Gasteiger partial charge in [-0.15, -0.1) is 0 Å². The standard InChI is InChI=1S/C19H18Cl2F2N4OS/c1-3-10(2)7-16(28)25-19-24-9-15(29-19)14-8-13(18(22)23)26-27(14)17-11(20)5-4-6-12(17)21/h4-6,8-10,18H,3,7H2,1-2H3,(H,24,25,28). The normalized spacial score (nSPS) is 12.4. The van der Waals surface area contributed by atoms with Crippen molar-refractivity contribution in [2.24, 2.45) is 5.92 Å². The first kappa shape index (κ1) is 21.7. The van der Waals surface area contributed by atoms with Gasteiger partial charge in [0.15, 0.2) is 5.13 Å². The van der Waals surface area contributed by atoms with Crippen molar-refractivity contribution in [3.05, 3.63) is 46.2 Å². The van der Waals surface area contributed by atoms with Crippen LogP contribution in [-0.4, -0.2) is 20.7 Å². The van der Waals surface area contributed by atoms with E-state index in [-0.39, 0.29) is 21.9 Å². The van der Waals surface area contributed by atoms with Crippen LogP contribution in [0.4, 0.5) is 13.9 Å². The van der Waals surface area contributed by atoms with E-state index in [1.807, 2.05) is 13.8 Å². The second kappa shape index (κ2) is 9.19. The first-order chi connectivity index (χ1) is 13.8. The summed E-state index contributed by atoms with van der Waals surface area (Å²) in [5.74, 6) is 0.114. The van der Waals surface area contributed by atoms with Crippen LogP contribution in [0.5, 0.6) is 0 Å².